The molecule has 2 aliphatic rings. The van der Waals surface area contributed by atoms with Gasteiger partial charge in [-0.3, -0.25) is 9.69 Å². The standard InChI is InChI=1S/C28H36N2O7/c1-4-13-29(14-5-2)25(31)12-15-30-17-22(20-8-11-23-24(16-20)36-18-35-23)27(37-28(32)33)26(30)19-6-9-21(34-3)10-7-19/h6-11,16,22,26-27H,4-5,12-15,17-18H2,1-3H3,(H,32,33)/t22-,26-,27+/m1/s1. The minimum Gasteiger partial charge on any atom is -0.497 e. The maximum absolute atomic E-state index is 13.1. The number of methoxy groups -OCH3 is 1. The van der Waals surface area contributed by atoms with E-state index in [1.54, 1.807) is 7.11 Å². The molecule has 4 rings (SSSR count). The van der Waals surface area contributed by atoms with Crippen LogP contribution in [0.1, 0.15) is 56.2 Å². The Balaban J connectivity index is 1.65. The normalized spacial score (nSPS) is 20.6. The minimum atomic E-state index is -1.33. The lowest BCUT2D eigenvalue weighted by atomic mass is 9.90. The van der Waals surface area contributed by atoms with Gasteiger partial charge in [-0.2, -0.15) is 0 Å². The van der Waals surface area contributed by atoms with E-state index in [0.717, 1.165) is 37.1 Å². The van der Waals surface area contributed by atoms with Crippen LogP contribution in [-0.2, 0) is 9.53 Å². The molecule has 1 saturated heterocycles. The summed E-state index contributed by atoms with van der Waals surface area (Å²) in [6.45, 7) is 6.79. The van der Waals surface area contributed by atoms with E-state index in [-0.39, 0.29) is 24.7 Å². The number of hydrogen-bond acceptors (Lipinski definition) is 7. The average molecular weight is 513 g/mol. The maximum Gasteiger partial charge on any atom is 0.506 e. The second kappa shape index (κ2) is 12.2. The molecule has 9 nitrogen and oxygen atoms in total. The Morgan fingerprint density at radius 1 is 1.03 bits per heavy atom. The highest BCUT2D eigenvalue weighted by molar-refractivity contribution is 5.76. The number of nitrogens with zero attached hydrogens (tertiary/aromatic N) is 2. The van der Waals surface area contributed by atoms with Gasteiger partial charge in [-0.1, -0.05) is 32.0 Å². The lowest BCUT2D eigenvalue weighted by molar-refractivity contribution is -0.131. The molecule has 2 aromatic rings. The first-order valence-electron chi connectivity index (χ1n) is 12.9. The fourth-order valence-corrected chi connectivity index (χ4v) is 5.33. The topological polar surface area (TPSA) is 97.8 Å². The summed E-state index contributed by atoms with van der Waals surface area (Å²) in [5.41, 5.74) is 1.81. The van der Waals surface area contributed by atoms with Crippen molar-refractivity contribution >= 4 is 12.1 Å². The summed E-state index contributed by atoms with van der Waals surface area (Å²) in [7, 11) is 1.60. The van der Waals surface area contributed by atoms with Crippen LogP contribution in [0.5, 0.6) is 17.2 Å². The molecule has 0 aromatic heterocycles. The predicted octanol–water partition coefficient (Wildman–Crippen LogP) is 4.67. The molecular weight excluding hydrogens is 476 g/mol. The fourth-order valence-electron chi connectivity index (χ4n) is 5.33. The number of ether oxygens (including phenoxy) is 4. The Kier molecular flexibility index (Phi) is 8.76. The number of amides is 1. The lowest BCUT2D eigenvalue weighted by Crippen LogP contribution is -2.36. The van der Waals surface area contributed by atoms with Crippen LogP contribution in [0.4, 0.5) is 4.79 Å². The zero-order valence-corrected chi connectivity index (χ0v) is 21.7. The van der Waals surface area contributed by atoms with Crippen molar-refractivity contribution in [2.75, 3.05) is 40.1 Å². The zero-order chi connectivity index (χ0) is 26.4. The van der Waals surface area contributed by atoms with Gasteiger partial charge in [0.05, 0.1) is 13.2 Å². The van der Waals surface area contributed by atoms with Gasteiger partial charge in [-0.05, 0) is 48.2 Å². The highest BCUT2D eigenvalue weighted by Gasteiger charge is 2.46. The Hall–Kier alpha value is -3.46. The van der Waals surface area contributed by atoms with Crippen LogP contribution < -0.4 is 14.2 Å². The van der Waals surface area contributed by atoms with Crippen LogP contribution in [-0.4, -0.2) is 73.2 Å². The predicted molar refractivity (Wildman–Crippen MR) is 137 cm³/mol. The van der Waals surface area contributed by atoms with Crippen LogP contribution in [0.2, 0.25) is 0 Å². The monoisotopic (exact) mass is 512 g/mol. The summed E-state index contributed by atoms with van der Waals surface area (Å²) >= 11 is 0. The Morgan fingerprint density at radius 2 is 1.70 bits per heavy atom. The zero-order valence-electron chi connectivity index (χ0n) is 21.7. The largest absolute Gasteiger partial charge is 0.506 e. The van der Waals surface area contributed by atoms with E-state index in [2.05, 4.69) is 18.7 Å². The Labute approximate surface area is 217 Å². The molecule has 2 aliphatic heterocycles. The first-order chi connectivity index (χ1) is 17.9. The van der Waals surface area contributed by atoms with Gasteiger partial charge in [0, 0.05) is 38.5 Å². The van der Waals surface area contributed by atoms with E-state index < -0.39 is 12.3 Å². The van der Waals surface area contributed by atoms with Crippen molar-refractivity contribution in [1.82, 2.24) is 9.80 Å². The number of hydrogen-bond donors (Lipinski definition) is 1. The second-order valence-corrected chi connectivity index (χ2v) is 9.41. The number of benzene rings is 2. The van der Waals surface area contributed by atoms with Gasteiger partial charge < -0.3 is 29.0 Å². The van der Waals surface area contributed by atoms with E-state index in [1.807, 2.05) is 47.4 Å². The molecule has 1 N–H and O–H groups in total. The van der Waals surface area contributed by atoms with Crippen molar-refractivity contribution in [3.05, 3.63) is 53.6 Å². The van der Waals surface area contributed by atoms with Gasteiger partial charge in [0.15, 0.2) is 11.5 Å². The SMILES string of the molecule is CCCN(CCC)C(=O)CCN1C[C@H](c2ccc3c(c2)OCO3)[C@H](OC(=O)O)[C@H]1c1ccc(OC)cc1. The maximum atomic E-state index is 13.1. The third kappa shape index (κ3) is 6.10. The molecule has 200 valence electrons. The molecule has 9 heteroatoms. The van der Waals surface area contributed by atoms with E-state index >= 15 is 0 Å². The van der Waals surface area contributed by atoms with Crippen LogP contribution in [0.25, 0.3) is 0 Å². The smallest absolute Gasteiger partial charge is 0.497 e. The molecule has 1 amide bonds. The van der Waals surface area contributed by atoms with Crippen molar-refractivity contribution in [3.63, 3.8) is 0 Å². The summed E-state index contributed by atoms with van der Waals surface area (Å²) < 4.78 is 21.9. The second-order valence-electron chi connectivity index (χ2n) is 9.41. The number of carbonyl (C=O) groups excluding carboxylic acids is 1. The summed E-state index contributed by atoms with van der Waals surface area (Å²) in [5.74, 6) is 1.87. The van der Waals surface area contributed by atoms with Gasteiger partial charge >= 0.3 is 6.16 Å². The van der Waals surface area contributed by atoms with Crippen molar-refractivity contribution in [1.29, 1.82) is 0 Å². The number of carboxylic acid groups (broad SMARTS) is 1. The van der Waals surface area contributed by atoms with Crippen molar-refractivity contribution in [2.24, 2.45) is 0 Å². The summed E-state index contributed by atoms with van der Waals surface area (Å²) in [4.78, 5) is 29.0. The molecule has 2 aromatic carbocycles. The summed E-state index contributed by atoms with van der Waals surface area (Å²) in [6.07, 6.45) is 0.156. The first kappa shape index (κ1) is 26.6. The van der Waals surface area contributed by atoms with Crippen LogP contribution in [0.15, 0.2) is 42.5 Å². The quantitative estimate of drug-likeness (QED) is 0.434. The van der Waals surface area contributed by atoms with Crippen molar-refractivity contribution < 1.29 is 33.6 Å². The van der Waals surface area contributed by atoms with Crippen LogP contribution in [0.3, 0.4) is 0 Å². The number of rotatable bonds is 11. The average Bonchev–Trinajstić information content (AvgIpc) is 3.51. The molecule has 37 heavy (non-hydrogen) atoms. The molecule has 1 fully saturated rings. The highest BCUT2D eigenvalue weighted by Crippen LogP contribution is 2.45. The molecule has 0 saturated carbocycles. The molecular formula is C28H36N2O7. The number of carbonyl (C=O) groups is 2. The number of fused-ring (bicyclic) bond motifs is 1. The molecule has 0 unspecified atom stereocenters. The van der Waals surface area contributed by atoms with Gasteiger partial charge in [0.1, 0.15) is 11.9 Å². The van der Waals surface area contributed by atoms with Crippen LogP contribution in [0, 0.1) is 0 Å². The summed E-state index contributed by atoms with van der Waals surface area (Å²) in [5, 5.41) is 9.67. The van der Waals surface area contributed by atoms with Gasteiger partial charge in [-0.15, -0.1) is 0 Å². The van der Waals surface area contributed by atoms with E-state index in [1.165, 1.54) is 0 Å². The molecule has 0 spiro atoms. The molecule has 0 radical (unpaired) electrons. The van der Waals surface area contributed by atoms with Gasteiger partial charge in [0.25, 0.3) is 0 Å². The molecule has 3 atom stereocenters. The summed E-state index contributed by atoms with van der Waals surface area (Å²) in [6, 6.07) is 12.9. The third-order valence-electron chi connectivity index (χ3n) is 7.00. The minimum absolute atomic E-state index is 0.111. The fraction of sp³-hybridized carbons (Fsp3) is 0.500. The Morgan fingerprint density at radius 3 is 2.35 bits per heavy atom. The van der Waals surface area contributed by atoms with Crippen LogP contribution >= 0.6 is 0 Å². The van der Waals surface area contributed by atoms with Gasteiger partial charge in [0.2, 0.25) is 12.7 Å². The first-order valence-corrected chi connectivity index (χ1v) is 12.9. The molecule has 2 heterocycles. The number of likely N-dealkylation sites (tertiary alicyclic amines) is 1. The van der Waals surface area contributed by atoms with E-state index in [4.69, 9.17) is 18.9 Å². The van der Waals surface area contributed by atoms with E-state index in [0.29, 0.717) is 36.8 Å². The van der Waals surface area contributed by atoms with Crippen molar-refractivity contribution in [2.45, 2.75) is 51.2 Å². The Bertz CT molecular complexity index is 1070. The lowest BCUT2D eigenvalue weighted by Gasteiger charge is -2.29. The molecule has 0 bridgehead atoms. The molecule has 0 aliphatic carbocycles. The van der Waals surface area contributed by atoms with Gasteiger partial charge in [-0.25, -0.2) is 4.79 Å². The highest BCUT2D eigenvalue weighted by atomic mass is 16.7. The van der Waals surface area contributed by atoms with E-state index in [9.17, 15) is 14.7 Å². The van der Waals surface area contributed by atoms with Crippen molar-refractivity contribution in [3.8, 4) is 17.2 Å². The third-order valence-corrected chi connectivity index (χ3v) is 7.00.